The SMILES string of the molecule is Cc1ccc(CCC(=O)N2CCC(O)CC2)c(C)c1. The zero-order valence-electron chi connectivity index (χ0n) is 11.9. The van der Waals surface area contributed by atoms with Gasteiger partial charge in [0.1, 0.15) is 0 Å². The molecule has 104 valence electrons. The molecule has 1 saturated heterocycles. The van der Waals surface area contributed by atoms with Crippen molar-refractivity contribution in [3.05, 3.63) is 34.9 Å². The van der Waals surface area contributed by atoms with Gasteiger partial charge in [-0.3, -0.25) is 4.79 Å². The van der Waals surface area contributed by atoms with Crippen molar-refractivity contribution in [2.24, 2.45) is 0 Å². The summed E-state index contributed by atoms with van der Waals surface area (Å²) in [5.74, 6) is 0.215. The molecule has 0 radical (unpaired) electrons. The van der Waals surface area contributed by atoms with Gasteiger partial charge in [-0.05, 0) is 44.2 Å². The van der Waals surface area contributed by atoms with E-state index in [1.54, 1.807) is 0 Å². The second kappa shape index (κ2) is 6.20. The van der Waals surface area contributed by atoms with Crippen molar-refractivity contribution in [2.45, 2.75) is 45.6 Å². The first-order valence-electron chi connectivity index (χ1n) is 7.08. The second-order valence-electron chi connectivity index (χ2n) is 5.54. The zero-order valence-corrected chi connectivity index (χ0v) is 11.9. The van der Waals surface area contributed by atoms with Gasteiger partial charge in [-0.15, -0.1) is 0 Å². The predicted molar refractivity (Wildman–Crippen MR) is 76.1 cm³/mol. The number of amides is 1. The quantitative estimate of drug-likeness (QED) is 0.906. The Morgan fingerprint density at radius 2 is 2.00 bits per heavy atom. The lowest BCUT2D eigenvalue weighted by atomic mass is 10.0. The van der Waals surface area contributed by atoms with E-state index in [2.05, 4.69) is 32.0 Å². The van der Waals surface area contributed by atoms with Crippen molar-refractivity contribution >= 4 is 5.91 Å². The van der Waals surface area contributed by atoms with Crippen LogP contribution in [0.2, 0.25) is 0 Å². The normalized spacial score (nSPS) is 16.7. The number of aliphatic hydroxyl groups excluding tert-OH is 1. The van der Waals surface area contributed by atoms with E-state index in [-0.39, 0.29) is 12.0 Å². The van der Waals surface area contributed by atoms with Crippen molar-refractivity contribution in [2.75, 3.05) is 13.1 Å². The molecule has 0 saturated carbocycles. The van der Waals surface area contributed by atoms with Crippen LogP contribution in [-0.4, -0.2) is 35.1 Å². The summed E-state index contributed by atoms with van der Waals surface area (Å²) in [6.45, 7) is 5.59. The van der Waals surface area contributed by atoms with Crippen molar-refractivity contribution in [3.63, 3.8) is 0 Å². The number of likely N-dealkylation sites (tertiary alicyclic amines) is 1. The fourth-order valence-corrected chi connectivity index (χ4v) is 2.64. The third-order valence-electron chi connectivity index (χ3n) is 3.92. The van der Waals surface area contributed by atoms with Crippen LogP contribution in [0.1, 0.15) is 36.0 Å². The molecular formula is C16H23NO2. The van der Waals surface area contributed by atoms with Crippen LogP contribution in [0.4, 0.5) is 0 Å². The van der Waals surface area contributed by atoms with E-state index in [9.17, 15) is 9.90 Å². The number of aliphatic hydroxyl groups is 1. The van der Waals surface area contributed by atoms with E-state index in [0.29, 0.717) is 19.5 Å². The number of carbonyl (C=O) groups excluding carboxylic acids is 1. The molecule has 2 rings (SSSR count). The second-order valence-corrected chi connectivity index (χ2v) is 5.54. The Balaban J connectivity index is 1.86. The molecule has 0 bridgehead atoms. The Morgan fingerprint density at radius 1 is 1.32 bits per heavy atom. The molecular weight excluding hydrogens is 238 g/mol. The molecule has 1 amide bonds. The van der Waals surface area contributed by atoms with Gasteiger partial charge in [-0.2, -0.15) is 0 Å². The number of piperidine rings is 1. The van der Waals surface area contributed by atoms with Crippen LogP contribution in [-0.2, 0) is 11.2 Å². The third kappa shape index (κ3) is 3.80. The number of nitrogens with zero attached hydrogens (tertiary/aromatic N) is 1. The lowest BCUT2D eigenvalue weighted by molar-refractivity contribution is -0.133. The minimum atomic E-state index is -0.219. The third-order valence-corrected chi connectivity index (χ3v) is 3.92. The maximum absolute atomic E-state index is 12.1. The molecule has 1 aromatic rings. The van der Waals surface area contributed by atoms with Crippen molar-refractivity contribution < 1.29 is 9.90 Å². The van der Waals surface area contributed by atoms with Crippen LogP contribution >= 0.6 is 0 Å². The number of aryl methyl sites for hydroxylation is 3. The minimum Gasteiger partial charge on any atom is -0.393 e. The van der Waals surface area contributed by atoms with E-state index < -0.39 is 0 Å². The lowest BCUT2D eigenvalue weighted by Crippen LogP contribution is -2.40. The molecule has 0 spiro atoms. The van der Waals surface area contributed by atoms with Crippen molar-refractivity contribution in [1.29, 1.82) is 0 Å². The Labute approximate surface area is 115 Å². The molecule has 1 N–H and O–H groups in total. The molecule has 3 nitrogen and oxygen atoms in total. The fourth-order valence-electron chi connectivity index (χ4n) is 2.64. The van der Waals surface area contributed by atoms with Crippen molar-refractivity contribution in [3.8, 4) is 0 Å². The van der Waals surface area contributed by atoms with Crippen molar-refractivity contribution in [1.82, 2.24) is 4.90 Å². The predicted octanol–water partition coefficient (Wildman–Crippen LogP) is 2.22. The lowest BCUT2D eigenvalue weighted by Gasteiger charge is -2.29. The maximum Gasteiger partial charge on any atom is 0.222 e. The van der Waals surface area contributed by atoms with Crippen LogP contribution in [0.3, 0.4) is 0 Å². The van der Waals surface area contributed by atoms with E-state index in [1.165, 1.54) is 16.7 Å². The van der Waals surface area contributed by atoms with E-state index in [1.807, 2.05) is 4.90 Å². The fraction of sp³-hybridized carbons (Fsp3) is 0.562. The summed E-state index contributed by atoms with van der Waals surface area (Å²) in [5, 5.41) is 9.44. The molecule has 0 atom stereocenters. The Kier molecular flexibility index (Phi) is 4.59. The summed E-state index contributed by atoms with van der Waals surface area (Å²) in [5.41, 5.74) is 3.79. The average molecular weight is 261 g/mol. The van der Waals surface area contributed by atoms with Crippen LogP contribution in [0.15, 0.2) is 18.2 Å². The van der Waals surface area contributed by atoms with Gasteiger partial charge in [-0.1, -0.05) is 23.8 Å². The molecule has 0 unspecified atom stereocenters. The average Bonchev–Trinajstić information content (AvgIpc) is 2.38. The standard InChI is InChI=1S/C16H23NO2/c1-12-3-4-14(13(2)11-12)5-6-16(19)17-9-7-15(18)8-10-17/h3-4,11,15,18H,5-10H2,1-2H3. The molecule has 1 heterocycles. The van der Waals surface area contributed by atoms with Crippen LogP contribution in [0.5, 0.6) is 0 Å². The molecule has 3 heteroatoms. The number of rotatable bonds is 3. The van der Waals surface area contributed by atoms with Gasteiger partial charge in [-0.25, -0.2) is 0 Å². The molecule has 1 aliphatic rings. The summed E-state index contributed by atoms with van der Waals surface area (Å²) >= 11 is 0. The van der Waals surface area contributed by atoms with Gasteiger partial charge in [0.2, 0.25) is 5.91 Å². The molecule has 19 heavy (non-hydrogen) atoms. The minimum absolute atomic E-state index is 0.215. The number of benzene rings is 1. The summed E-state index contributed by atoms with van der Waals surface area (Å²) in [6.07, 6.45) is 2.60. The summed E-state index contributed by atoms with van der Waals surface area (Å²) in [7, 11) is 0. The highest BCUT2D eigenvalue weighted by molar-refractivity contribution is 5.76. The highest BCUT2D eigenvalue weighted by Crippen LogP contribution is 2.15. The van der Waals surface area contributed by atoms with E-state index in [0.717, 1.165) is 19.3 Å². The van der Waals surface area contributed by atoms with Crippen LogP contribution in [0.25, 0.3) is 0 Å². The van der Waals surface area contributed by atoms with Gasteiger partial charge in [0, 0.05) is 19.5 Å². The number of hydrogen-bond donors (Lipinski definition) is 1. The topological polar surface area (TPSA) is 40.5 Å². The first-order chi connectivity index (χ1) is 9.06. The number of carbonyl (C=O) groups is 1. The van der Waals surface area contributed by atoms with Gasteiger partial charge in [0.25, 0.3) is 0 Å². The molecule has 1 aromatic carbocycles. The monoisotopic (exact) mass is 261 g/mol. The first-order valence-corrected chi connectivity index (χ1v) is 7.08. The van der Waals surface area contributed by atoms with E-state index in [4.69, 9.17) is 0 Å². The Hall–Kier alpha value is -1.35. The van der Waals surface area contributed by atoms with Gasteiger partial charge in [0.05, 0.1) is 6.10 Å². The summed E-state index contributed by atoms with van der Waals surface area (Å²) in [4.78, 5) is 14.0. The smallest absolute Gasteiger partial charge is 0.222 e. The molecule has 0 aromatic heterocycles. The summed E-state index contributed by atoms with van der Waals surface area (Å²) < 4.78 is 0. The molecule has 1 aliphatic heterocycles. The Morgan fingerprint density at radius 3 is 2.63 bits per heavy atom. The largest absolute Gasteiger partial charge is 0.393 e. The van der Waals surface area contributed by atoms with E-state index >= 15 is 0 Å². The van der Waals surface area contributed by atoms with Gasteiger partial charge >= 0.3 is 0 Å². The zero-order chi connectivity index (χ0) is 13.8. The molecule has 0 aliphatic carbocycles. The van der Waals surface area contributed by atoms with Crippen LogP contribution < -0.4 is 0 Å². The molecule has 1 fully saturated rings. The highest BCUT2D eigenvalue weighted by Gasteiger charge is 2.20. The number of hydrogen-bond acceptors (Lipinski definition) is 2. The summed E-state index contributed by atoms with van der Waals surface area (Å²) in [6, 6.07) is 6.39. The van der Waals surface area contributed by atoms with Gasteiger partial charge < -0.3 is 10.0 Å². The van der Waals surface area contributed by atoms with Crippen LogP contribution in [0, 0.1) is 13.8 Å². The Bertz CT molecular complexity index is 448. The first kappa shape index (κ1) is 14.1. The highest BCUT2D eigenvalue weighted by atomic mass is 16.3. The maximum atomic E-state index is 12.1. The van der Waals surface area contributed by atoms with Gasteiger partial charge in [0.15, 0.2) is 0 Å².